The molecule has 1 amide bonds. The number of carbonyl (C=O) groups is 3. The van der Waals surface area contributed by atoms with Crippen LogP contribution in [0.5, 0.6) is 0 Å². The molecule has 0 radical (unpaired) electrons. The van der Waals surface area contributed by atoms with Crippen LogP contribution in [0.25, 0.3) is 0 Å². The van der Waals surface area contributed by atoms with E-state index in [-0.39, 0.29) is 32.1 Å². The van der Waals surface area contributed by atoms with Crippen LogP contribution in [0.15, 0.2) is 0 Å². The van der Waals surface area contributed by atoms with Crippen LogP contribution in [0.1, 0.15) is 71.1 Å². The summed E-state index contributed by atoms with van der Waals surface area (Å²) in [7, 11) is 0. The van der Waals surface area contributed by atoms with Crippen LogP contribution in [0.4, 0.5) is 0 Å². The molecule has 0 spiro atoms. The summed E-state index contributed by atoms with van der Waals surface area (Å²) in [5.74, 6) is -2.22. The fourth-order valence-electron chi connectivity index (χ4n) is 2.63. The van der Waals surface area contributed by atoms with Gasteiger partial charge in [0.15, 0.2) is 0 Å². The Kier molecular flexibility index (Phi) is 14.8. The van der Waals surface area contributed by atoms with Crippen LogP contribution >= 0.6 is 0 Å². The zero-order valence-electron chi connectivity index (χ0n) is 15.5. The van der Waals surface area contributed by atoms with Gasteiger partial charge in [0, 0.05) is 19.5 Å². The van der Waals surface area contributed by atoms with E-state index in [2.05, 4.69) is 12.2 Å². The van der Waals surface area contributed by atoms with Gasteiger partial charge in [0.25, 0.3) is 0 Å². The summed E-state index contributed by atoms with van der Waals surface area (Å²) < 4.78 is 0. The largest absolute Gasteiger partial charge is 0.480 e. The van der Waals surface area contributed by atoms with Crippen molar-refractivity contribution in [1.29, 1.82) is 0 Å². The number of hydrogen-bond donors (Lipinski definition) is 3. The number of hydrogen-bond acceptors (Lipinski definition) is 4. The molecular formula is C18H34N2O5. The smallest absolute Gasteiger partial charge is 0.317 e. The molecule has 0 rings (SSSR count). The number of carboxylic acids is 2. The average Bonchev–Trinajstić information content (AvgIpc) is 2.52. The van der Waals surface area contributed by atoms with Gasteiger partial charge in [0.1, 0.15) is 0 Å². The van der Waals surface area contributed by atoms with Gasteiger partial charge in [-0.15, -0.1) is 0 Å². The van der Waals surface area contributed by atoms with Gasteiger partial charge in [-0.2, -0.15) is 0 Å². The lowest BCUT2D eigenvalue weighted by Crippen LogP contribution is -2.40. The zero-order chi connectivity index (χ0) is 18.9. The standard InChI is InChI=1S/C18H34N2O5/c1-2-3-4-5-6-7-8-9-10-11-16(21)19-12-13-20(14-17(22)23)15-18(24)25/h2-15H2,1H3,(H,19,21)(H,22,23)(H,24,25). The van der Waals surface area contributed by atoms with Crippen LogP contribution in [-0.2, 0) is 14.4 Å². The molecule has 0 aliphatic carbocycles. The van der Waals surface area contributed by atoms with E-state index in [0.717, 1.165) is 19.3 Å². The first-order valence-electron chi connectivity index (χ1n) is 9.38. The number of rotatable bonds is 17. The minimum absolute atomic E-state index is 0.0615. The number of amides is 1. The molecule has 0 unspecified atom stereocenters. The summed E-state index contributed by atoms with van der Waals surface area (Å²) >= 11 is 0. The lowest BCUT2D eigenvalue weighted by atomic mass is 10.1. The molecule has 7 heteroatoms. The van der Waals surface area contributed by atoms with Crippen molar-refractivity contribution in [3.05, 3.63) is 0 Å². The Morgan fingerprint density at radius 1 is 0.800 bits per heavy atom. The van der Waals surface area contributed by atoms with Crippen molar-refractivity contribution in [2.45, 2.75) is 71.1 Å². The first-order chi connectivity index (χ1) is 12.0. The summed E-state index contributed by atoms with van der Waals surface area (Å²) in [6, 6.07) is 0. The summed E-state index contributed by atoms with van der Waals surface area (Å²) in [4.78, 5) is 34.3. The van der Waals surface area contributed by atoms with Crippen LogP contribution in [0.3, 0.4) is 0 Å². The monoisotopic (exact) mass is 358 g/mol. The van der Waals surface area contributed by atoms with Crippen LogP contribution in [-0.4, -0.2) is 59.1 Å². The van der Waals surface area contributed by atoms with Gasteiger partial charge in [-0.3, -0.25) is 19.3 Å². The Labute approximate surface area is 150 Å². The number of nitrogens with zero attached hydrogens (tertiary/aromatic N) is 1. The van der Waals surface area contributed by atoms with Crippen LogP contribution in [0.2, 0.25) is 0 Å². The molecule has 0 aromatic rings. The molecule has 0 aromatic carbocycles. The lowest BCUT2D eigenvalue weighted by molar-refractivity contribution is -0.141. The highest BCUT2D eigenvalue weighted by atomic mass is 16.4. The minimum Gasteiger partial charge on any atom is -0.480 e. The topological polar surface area (TPSA) is 107 Å². The number of carbonyl (C=O) groups excluding carboxylic acids is 1. The summed E-state index contributed by atoms with van der Waals surface area (Å²) in [6.07, 6.45) is 11.2. The molecule has 0 saturated heterocycles. The predicted octanol–water partition coefficient (Wildman–Crippen LogP) is 2.49. The van der Waals surface area contributed by atoms with Gasteiger partial charge in [0.05, 0.1) is 13.1 Å². The molecule has 0 aromatic heterocycles. The number of unbranched alkanes of at least 4 members (excludes halogenated alkanes) is 8. The quantitative estimate of drug-likeness (QED) is 0.345. The van der Waals surface area contributed by atoms with E-state index in [1.807, 2.05) is 0 Å². The van der Waals surface area contributed by atoms with E-state index in [1.165, 1.54) is 43.4 Å². The van der Waals surface area contributed by atoms with E-state index < -0.39 is 11.9 Å². The minimum atomic E-state index is -1.08. The van der Waals surface area contributed by atoms with Crippen molar-refractivity contribution in [3.8, 4) is 0 Å². The number of carboxylic acid groups (broad SMARTS) is 2. The molecule has 0 fully saturated rings. The van der Waals surface area contributed by atoms with Gasteiger partial charge in [0.2, 0.25) is 5.91 Å². The third kappa shape index (κ3) is 17.0. The second-order valence-corrected chi connectivity index (χ2v) is 6.43. The maximum absolute atomic E-state index is 11.7. The zero-order valence-corrected chi connectivity index (χ0v) is 15.5. The Hall–Kier alpha value is -1.63. The van der Waals surface area contributed by atoms with Gasteiger partial charge in [-0.05, 0) is 6.42 Å². The SMILES string of the molecule is CCCCCCCCCCCC(=O)NCCN(CC(=O)O)CC(=O)O. The summed E-state index contributed by atoms with van der Waals surface area (Å²) in [5.41, 5.74) is 0. The van der Waals surface area contributed by atoms with Crippen molar-refractivity contribution in [2.24, 2.45) is 0 Å². The molecule has 146 valence electrons. The summed E-state index contributed by atoms with van der Waals surface area (Å²) in [5, 5.41) is 20.2. The van der Waals surface area contributed by atoms with Gasteiger partial charge in [-0.25, -0.2) is 0 Å². The Morgan fingerprint density at radius 2 is 1.28 bits per heavy atom. The molecule has 0 aliphatic rings. The lowest BCUT2D eigenvalue weighted by Gasteiger charge is -2.17. The van der Waals surface area contributed by atoms with Crippen molar-refractivity contribution >= 4 is 17.8 Å². The first kappa shape index (κ1) is 23.4. The molecule has 0 atom stereocenters. The van der Waals surface area contributed by atoms with E-state index in [0.29, 0.717) is 6.42 Å². The van der Waals surface area contributed by atoms with E-state index in [1.54, 1.807) is 0 Å². The molecule has 7 nitrogen and oxygen atoms in total. The molecular weight excluding hydrogens is 324 g/mol. The average molecular weight is 358 g/mol. The normalized spacial score (nSPS) is 10.8. The van der Waals surface area contributed by atoms with Gasteiger partial charge in [-0.1, -0.05) is 58.3 Å². The first-order valence-corrected chi connectivity index (χ1v) is 9.38. The molecule has 0 aliphatic heterocycles. The van der Waals surface area contributed by atoms with Gasteiger partial charge < -0.3 is 15.5 Å². The highest BCUT2D eigenvalue weighted by Gasteiger charge is 2.13. The Morgan fingerprint density at radius 3 is 1.76 bits per heavy atom. The fraction of sp³-hybridized carbons (Fsp3) is 0.833. The fourth-order valence-corrected chi connectivity index (χ4v) is 2.63. The maximum Gasteiger partial charge on any atom is 0.317 e. The molecule has 0 saturated carbocycles. The van der Waals surface area contributed by atoms with E-state index in [4.69, 9.17) is 10.2 Å². The maximum atomic E-state index is 11.7. The highest BCUT2D eigenvalue weighted by molar-refractivity contribution is 5.76. The third-order valence-electron chi connectivity index (χ3n) is 3.98. The van der Waals surface area contributed by atoms with Crippen molar-refractivity contribution in [1.82, 2.24) is 10.2 Å². The molecule has 0 bridgehead atoms. The van der Waals surface area contributed by atoms with E-state index >= 15 is 0 Å². The summed E-state index contributed by atoms with van der Waals surface area (Å²) in [6.45, 7) is 1.99. The van der Waals surface area contributed by atoms with Crippen LogP contribution in [0, 0.1) is 0 Å². The van der Waals surface area contributed by atoms with Crippen LogP contribution < -0.4 is 5.32 Å². The van der Waals surface area contributed by atoms with Gasteiger partial charge >= 0.3 is 11.9 Å². The molecule has 3 N–H and O–H groups in total. The van der Waals surface area contributed by atoms with Crippen molar-refractivity contribution < 1.29 is 24.6 Å². The number of nitrogens with one attached hydrogen (secondary N) is 1. The van der Waals surface area contributed by atoms with Crippen molar-refractivity contribution in [3.63, 3.8) is 0 Å². The van der Waals surface area contributed by atoms with Crippen molar-refractivity contribution in [2.75, 3.05) is 26.2 Å². The Bertz CT molecular complexity index is 372. The second-order valence-electron chi connectivity index (χ2n) is 6.43. The second kappa shape index (κ2) is 15.9. The highest BCUT2D eigenvalue weighted by Crippen LogP contribution is 2.10. The third-order valence-corrected chi connectivity index (χ3v) is 3.98. The van der Waals surface area contributed by atoms with E-state index in [9.17, 15) is 14.4 Å². The number of aliphatic carboxylic acids is 2. The Balaban J connectivity index is 3.61. The molecule has 25 heavy (non-hydrogen) atoms. The predicted molar refractivity (Wildman–Crippen MR) is 96.6 cm³/mol. The molecule has 0 heterocycles.